The molecule has 3 aliphatic rings. The molecule has 0 aromatic heterocycles. The Morgan fingerprint density at radius 2 is 2.04 bits per heavy atom. The molecule has 1 aromatic carbocycles. The van der Waals surface area contributed by atoms with Crippen molar-refractivity contribution in [3.05, 3.63) is 34.4 Å². The summed E-state index contributed by atoms with van der Waals surface area (Å²) in [6.07, 6.45) is 7.63. The summed E-state index contributed by atoms with van der Waals surface area (Å²) in [5, 5.41) is 10.8. The van der Waals surface area contributed by atoms with Gasteiger partial charge in [0.2, 0.25) is 0 Å². The third-order valence-corrected chi connectivity index (χ3v) is 6.43. The van der Waals surface area contributed by atoms with Crippen LogP contribution < -0.4 is 0 Å². The number of carbonyl (C=O) groups excluding carboxylic acids is 1. The van der Waals surface area contributed by atoms with E-state index in [0.29, 0.717) is 24.1 Å². The van der Waals surface area contributed by atoms with Gasteiger partial charge in [0.25, 0.3) is 0 Å². The molecular weight excluding hydrogens is 302 g/mol. The van der Waals surface area contributed by atoms with Gasteiger partial charge in [-0.1, -0.05) is 25.3 Å². The molecule has 0 unspecified atom stereocenters. The predicted octanol–water partition coefficient (Wildman–Crippen LogP) is 3.36. The number of rotatable bonds is 3. The number of cyclic esters (lactones) is 1. The van der Waals surface area contributed by atoms with Crippen molar-refractivity contribution in [3.63, 3.8) is 0 Å². The van der Waals surface area contributed by atoms with Crippen molar-refractivity contribution in [2.75, 3.05) is 19.6 Å². The van der Waals surface area contributed by atoms with Gasteiger partial charge in [0.15, 0.2) is 0 Å². The highest BCUT2D eigenvalue weighted by Gasteiger charge is 2.39. The van der Waals surface area contributed by atoms with Crippen LogP contribution in [0.4, 0.5) is 0 Å². The van der Waals surface area contributed by atoms with E-state index < -0.39 is 6.10 Å². The average Bonchev–Trinajstić information content (AvgIpc) is 3.13. The fraction of sp³-hybridized carbons (Fsp3) is 0.650. The third kappa shape index (κ3) is 2.76. The lowest BCUT2D eigenvalue weighted by Gasteiger charge is -2.33. The second kappa shape index (κ2) is 6.16. The zero-order valence-corrected chi connectivity index (χ0v) is 14.5. The van der Waals surface area contributed by atoms with Gasteiger partial charge in [0, 0.05) is 18.7 Å². The molecule has 4 nitrogen and oxygen atoms in total. The normalized spacial score (nSPS) is 24.2. The van der Waals surface area contributed by atoms with Crippen LogP contribution in [-0.2, 0) is 11.3 Å². The largest absolute Gasteiger partial charge is 0.457 e. The number of aliphatic hydroxyl groups is 1. The molecule has 2 fully saturated rings. The van der Waals surface area contributed by atoms with Crippen molar-refractivity contribution in [2.24, 2.45) is 5.41 Å². The Hall–Kier alpha value is -1.39. The van der Waals surface area contributed by atoms with Gasteiger partial charge in [-0.2, -0.15) is 0 Å². The lowest BCUT2D eigenvalue weighted by Crippen LogP contribution is -2.32. The first-order chi connectivity index (χ1) is 11.6. The lowest BCUT2D eigenvalue weighted by atomic mass is 9.73. The molecule has 2 aliphatic heterocycles. The Morgan fingerprint density at radius 1 is 1.25 bits per heavy atom. The van der Waals surface area contributed by atoms with Crippen molar-refractivity contribution in [2.45, 2.75) is 58.2 Å². The minimum Gasteiger partial charge on any atom is -0.457 e. The van der Waals surface area contributed by atoms with Crippen LogP contribution in [0.15, 0.2) is 12.1 Å². The molecule has 0 radical (unpaired) electrons. The number of likely N-dealkylation sites (tertiary alicyclic amines) is 1. The maximum Gasteiger partial charge on any atom is 0.338 e. The monoisotopic (exact) mass is 329 g/mol. The summed E-state index contributed by atoms with van der Waals surface area (Å²) in [5.41, 5.74) is 4.08. The topological polar surface area (TPSA) is 49.8 Å². The zero-order valence-electron chi connectivity index (χ0n) is 14.5. The van der Waals surface area contributed by atoms with E-state index >= 15 is 0 Å². The summed E-state index contributed by atoms with van der Waals surface area (Å²) >= 11 is 0. The molecule has 1 atom stereocenters. The van der Waals surface area contributed by atoms with Gasteiger partial charge in [0.1, 0.15) is 6.61 Å². The standard InChI is InChI=1S/C20H27NO3/c1-14-15(5-6-16-17(14)12-24-19(16)23)18(22)11-21-10-9-20(13-21)7-3-2-4-8-20/h5-6,18,22H,2-4,7-13H2,1H3/t18-/m0/s1. The van der Waals surface area contributed by atoms with Crippen molar-refractivity contribution < 1.29 is 14.6 Å². The van der Waals surface area contributed by atoms with Gasteiger partial charge in [-0.15, -0.1) is 0 Å². The van der Waals surface area contributed by atoms with Gasteiger partial charge in [-0.05, 0) is 55.3 Å². The summed E-state index contributed by atoms with van der Waals surface area (Å²) in [4.78, 5) is 14.1. The van der Waals surface area contributed by atoms with E-state index in [0.717, 1.165) is 29.8 Å². The third-order valence-electron chi connectivity index (χ3n) is 6.43. The van der Waals surface area contributed by atoms with Crippen molar-refractivity contribution in [1.82, 2.24) is 4.90 Å². The summed E-state index contributed by atoms with van der Waals surface area (Å²) in [5.74, 6) is -0.243. The molecule has 4 heteroatoms. The number of aliphatic hydroxyl groups excluding tert-OH is 1. The molecule has 1 aliphatic carbocycles. The summed E-state index contributed by atoms with van der Waals surface area (Å²) in [6.45, 7) is 5.26. The van der Waals surface area contributed by atoms with Crippen LogP contribution >= 0.6 is 0 Å². The van der Waals surface area contributed by atoms with Gasteiger partial charge < -0.3 is 9.84 Å². The smallest absolute Gasteiger partial charge is 0.338 e. The van der Waals surface area contributed by atoms with Gasteiger partial charge in [-0.3, -0.25) is 4.90 Å². The van der Waals surface area contributed by atoms with Crippen LogP contribution in [0.2, 0.25) is 0 Å². The van der Waals surface area contributed by atoms with E-state index in [1.165, 1.54) is 38.5 Å². The number of hydrogen-bond donors (Lipinski definition) is 1. The van der Waals surface area contributed by atoms with E-state index in [9.17, 15) is 9.90 Å². The molecule has 4 rings (SSSR count). The maximum absolute atomic E-state index is 11.7. The average molecular weight is 329 g/mol. The number of esters is 1. The highest BCUT2D eigenvalue weighted by molar-refractivity contribution is 5.93. The Morgan fingerprint density at radius 3 is 2.83 bits per heavy atom. The summed E-state index contributed by atoms with van der Waals surface area (Å²) in [7, 11) is 0. The lowest BCUT2D eigenvalue weighted by molar-refractivity contribution is 0.0535. The molecule has 1 N–H and O–H groups in total. The van der Waals surface area contributed by atoms with Gasteiger partial charge >= 0.3 is 5.97 Å². The minimum absolute atomic E-state index is 0.243. The quantitative estimate of drug-likeness (QED) is 0.864. The SMILES string of the molecule is Cc1c([C@@H](O)CN2CCC3(CCCCC3)C2)ccc2c1COC2=O. The summed E-state index contributed by atoms with van der Waals surface area (Å²) in [6, 6.07) is 3.71. The highest BCUT2D eigenvalue weighted by atomic mass is 16.5. The predicted molar refractivity (Wildman–Crippen MR) is 91.8 cm³/mol. The molecule has 0 amide bonds. The van der Waals surface area contributed by atoms with E-state index in [-0.39, 0.29) is 5.97 Å². The molecule has 0 bridgehead atoms. The first-order valence-corrected chi connectivity index (χ1v) is 9.28. The molecule has 2 heterocycles. The molecule has 1 saturated heterocycles. The number of benzene rings is 1. The van der Waals surface area contributed by atoms with Crippen LogP contribution in [0.1, 0.15) is 71.7 Å². The molecular formula is C20H27NO3. The van der Waals surface area contributed by atoms with Crippen molar-refractivity contribution >= 4 is 5.97 Å². The zero-order chi connectivity index (χ0) is 16.7. The first-order valence-electron chi connectivity index (χ1n) is 9.28. The second-order valence-corrected chi connectivity index (χ2v) is 7.94. The number of ether oxygens (including phenoxy) is 1. The van der Waals surface area contributed by atoms with Crippen LogP contribution in [0.25, 0.3) is 0 Å². The number of carbonyl (C=O) groups is 1. The Bertz CT molecular complexity index is 649. The highest BCUT2D eigenvalue weighted by Crippen LogP contribution is 2.44. The van der Waals surface area contributed by atoms with Crippen LogP contribution in [0.3, 0.4) is 0 Å². The van der Waals surface area contributed by atoms with E-state index in [1.54, 1.807) is 0 Å². The molecule has 1 saturated carbocycles. The molecule has 24 heavy (non-hydrogen) atoms. The Balaban J connectivity index is 1.46. The molecule has 1 spiro atoms. The van der Waals surface area contributed by atoms with Crippen molar-refractivity contribution in [3.8, 4) is 0 Å². The Kier molecular flexibility index (Phi) is 4.13. The fourth-order valence-electron chi connectivity index (χ4n) is 4.97. The second-order valence-electron chi connectivity index (χ2n) is 7.94. The van der Waals surface area contributed by atoms with E-state index in [4.69, 9.17) is 4.74 Å². The number of nitrogens with zero attached hydrogens (tertiary/aromatic N) is 1. The van der Waals surface area contributed by atoms with Gasteiger partial charge in [0.05, 0.1) is 11.7 Å². The molecule has 1 aromatic rings. The fourth-order valence-corrected chi connectivity index (χ4v) is 4.97. The number of fused-ring (bicyclic) bond motifs is 1. The molecule has 130 valence electrons. The van der Waals surface area contributed by atoms with Gasteiger partial charge in [-0.25, -0.2) is 4.79 Å². The Labute approximate surface area is 143 Å². The maximum atomic E-state index is 11.7. The van der Waals surface area contributed by atoms with E-state index in [1.807, 2.05) is 19.1 Å². The van der Waals surface area contributed by atoms with Crippen LogP contribution in [0.5, 0.6) is 0 Å². The number of hydrogen-bond acceptors (Lipinski definition) is 4. The number of β-amino-alcohol motifs (C(OH)–C–C–N with tert-alkyl or cyclic N) is 1. The first kappa shape index (κ1) is 16.1. The van der Waals surface area contributed by atoms with E-state index in [2.05, 4.69) is 4.90 Å². The summed E-state index contributed by atoms with van der Waals surface area (Å²) < 4.78 is 5.12. The minimum atomic E-state index is -0.496. The van der Waals surface area contributed by atoms with Crippen LogP contribution in [-0.4, -0.2) is 35.6 Å². The van der Waals surface area contributed by atoms with Crippen molar-refractivity contribution in [1.29, 1.82) is 0 Å². The van der Waals surface area contributed by atoms with Crippen LogP contribution in [0, 0.1) is 12.3 Å².